The molecule has 0 spiro atoms. The summed E-state index contributed by atoms with van der Waals surface area (Å²) in [6.45, 7) is 19.4. The molecule has 0 saturated heterocycles. The molecule has 35 heavy (non-hydrogen) atoms. The Morgan fingerprint density at radius 3 is 2.40 bits per heavy atom. The van der Waals surface area contributed by atoms with E-state index in [2.05, 4.69) is 66.8 Å². The lowest BCUT2D eigenvalue weighted by Crippen LogP contribution is -2.52. The van der Waals surface area contributed by atoms with E-state index in [-0.39, 0.29) is 29.1 Å². The summed E-state index contributed by atoms with van der Waals surface area (Å²) in [5, 5.41) is 20.3. The first-order valence-electron chi connectivity index (χ1n) is 14.6. The molecule has 0 bridgehead atoms. The van der Waals surface area contributed by atoms with Crippen molar-refractivity contribution in [1.29, 1.82) is 0 Å². The Morgan fingerprint density at radius 2 is 1.74 bits per heavy atom. The summed E-state index contributed by atoms with van der Waals surface area (Å²) in [6.07, 6.45) is 15.2. The first-order chi connectivity index (χ1) is 16.2. The van der Waals surface area contributed by atoms with Gasteiger partial charge < -0.3 is 14.6 Å². The Bertz CT molecular complexity index is 839. The van der Waals surface area contributed by atoms with Gasteiger partial charge >= 0.3 is 0 Å². The monoisotopic (exact) mass is 502 g/mol. The standard InChI is InChI=1S/C31H54O3Si/c1-21(28(33)10-9-19-32)25-13-14-26-24-12-11-22-20-23(34-35(7,8)29(2,3)4)15-17-30(22,5)27(24)16-18-31(25,26)6/h11,13,21,23-24,26-28,32-33H,9-10,12,14-20H2,1-8H3/t21-,23-,24-,26-,27-,28?,30-,31+/m0/s1. The molecule has 0 aromatic heterocycles. The third-order valence-corrected chi connectivity index (χ3v) is 16.2. The van der Waals surface area contributed by atoms with E-state index in [1.54, 1.807) is 5.57 Å². The van der Waals surface area contributed by atoms with Gasteiger partial charge in [0.05, 0.1) is 6.10 Å². The predicted molar refractivity (Wildman–Crippen MR) is 149 cm³/mol. The normalized spacial score (nSPS) is 39.1. The number of rotatable bonds is 7. The van der Waals surface area contributed by atoms with Gasteiger partial charge in [0.2, 0.25) is 0 Å². The van der Waals surface area contributed by atoms with Crippen LogP contribution < -0.4 is 0 Å². The van der Waals surface area contributed by atoms with Gasteiger partial charge in [-0.25, -0.2) is 0 Å². The lowest BCUT2D eigenvalue weighted by atomic mass is 9.47. The Labute approximate surface area is 216 Å². The van der Waals surface area contributed by atoms with Crippen LogP contribution in [0.1, 0.15) is 99.3 Å². The van der Waals surface area contributed by atoms with Gasteiger partial charge in [-0.2, -0.15) is 0 Å². The first-order valence-corrected chi connectivity index (χ1v) is 17.5. The van der Waals surface area contributed by atoms with Crippen molar-refractivity contribution in [2.45, 2.75) is 130 Å². The highest BCUT2D eigenvalue weighted by Gasteiger charge is 2.57. The van der Waals surface area contributed by atoms with E-state index in [1.165, 1.54) is 44.1 Å². The van der Waals surface area contributed by atoms with Gasteiger partial charge in [0, 0.05) is 18.6 Å². The fourth-order valence-corrected chi connectivity index (χ4v) is 9.77. The van der Waals surface area contributed by atoms with Crippen molar-refractivity contribution in [3.63, 3.8) is 0 Å². The van der Waals surface area contributed by atoms with Crippen molar-refractivity contribution < 1.29 is 14.6 Å². The van der Waals surface area contributed by atoms with Crippen molar-refractivity contribution >= 4 is 8.32 Å². The molecule has 0 radical (unpaired) electrons. The van der Waals surface area contributed by atoms with Gasteiger partial charge in [-0.05, 0) is 105 Å². The maximum Gasteiger partial charge on any atom is 0.192 e. The van der Waals surface area contributed by atoms with Crippen LogP contribution in [0.25, 0.3) is 0 Å². The Balaban J connectivity index is 1.49. The van der Waals surface area contributed by atoms with Crippen LogP contribution in [0, 0.1) is 34.5 Å². The number of allylic oxidation sites excluding steroid dienone is 2. The summed E-state index contributed by atoms with van der Waals surface area (Å²) in [6, 6.07) is 0. The zero-order valence-corrected chi connectivity index (χ0v) is 25.0. The van der Waals surface area contributed by atoms with Crippen molar-refractivity contribution in [1.82, 2.24) is 0 Å². The molecular formula is C31H54O3Si. The van der Waals surface area contributed by atoms with Crippen LogP contribution in [0.4, 0.5) is 0 Å². The second-order valence-electron chi connectivity index (χ2n) is 14.6. The molecule has 2 fully saturated rings. The SMILES string of the molecule is C[C@@H](C1=CC[C@H]2[C@@H]3CC=C4C[C@@H](O[Si](C)(C)C(C)(C)C)CC[C@]4(C)[C@H]3CC[C@]12C)C(O)CCCO. The largest absolute Gasteiger partial charge is 0.414 e. The third-order valence-electron chi connectivity index (χ3n) is 11.7. The Hall–Kier alpha value is -0.423. The van der Waals surface area contributed by atoms with Crippen molar-refractivity contribution in [3.05, 3.63) is 23.3 Å². The minimum absolute atomic E-state index is 0.168. The molecule has 8 atom stereocenters. The molecule has 0 amide bonds. The van der Waals surface area contributed by atoms with Gasteiger partial charge in [-0.15, -0.1) is 0 Å². The van der Waals surface area contributed by atoms with E-state index in [0.717, 1.165) is 18.3 Å². The maximum atomic E-state index is 10.8. The summed E-state index contributed by atoms with van der Waals surface area (Å²) >= 11 is 0. The highest BCUT2D eigenvalue weighted by Crippen LogP contribution is 2.66. The Kier molecular flexibility index (Phi) is 7.66. The molecule has 3 nitrogen and oxygen atoms in total. The van der Waals surface area contributed by atoms with Gasteiger partial charge in [0.25, 0.3) is 0 Å². The molecule has 200 valence electrons. The topological polar surface area (TPSA) is 49.7 Å². The number of aliphatic hydroxyl groups is 2. The molecular weight excluding hydrogens is 448 g/mol. The summed E-state index contributed by atoms with van der Waals surface area (Å²) in [5.41, 5.74) is 3.78. The van der Waals surface area contributed by atoms with Crippen LogP contribution in [0.3, 0.4) is 0 Å². The van der Waals surface area contributed by atoms with E-state index >= 15 is 0 Å². The smallest absolute Gasteiger partial charge is 0.192 e. The molecule has 0 aromatic carbocycles. The second kappa shape index (κ2) is 9.71. The summed E-state index contributed by atoms with van der Waals surface area (Å²) in [4.78, 5) is 0. The average Bonchev–Trinajstić information content (AvgIpc) is 3.13. The van der Waals surface area contributed by atoms with Gasteiger partial charge in [-0.3, -0.25) is 0 Å². The number of aliphatic hydroxyl groups excluding tert-OH is 2. The van der Waals surface area contributed by atoms with E-state index in [0.29, 0.717) is 30.3 Å². The fraction of sp³-hybridized carbons (Fsp3) is 0.871. The lowest BCUT2D eigenvalue weighted by Gasteiger charge is -2.58. The van der Waals surface area contributed by atoms with Crippen LogP contribution >= 0.6 is 0 Å². The summed E-state index contributed by atoms with van der Waals surface area (Å²) < 4.78 is 6.90. The zero-order valence-electron chi connectivity index (χ0n) is 24.0. The summed E-state index contributed by atoms with van der Waals surface area (Å²) in [7, 11) is -1.74. The molecule has 1 unspecified atom stereocenters. The number of fused-ring (bicyclic) bond motifs is 5. The molecule has 2 N–H and O–H groups in total. The van der Waals surface area contributed by atoms with Crippen molar-refractivity contribution in [3.8, 4) is 0 Å². The molecule has 0 aromatic rings. The van der Waals surface area contributed by atoms with Crippen LogP contribution in [-0.2, 0) is 4.43 Å². The third kappa shape index (κ3) is 4.79. The Morgan fingerprint density at radius 1 is 1.06 bits per heavy atom. The fourth-order valence-electron chi connectivity index (χ4n) is 8.39. The van der Waals surface area contributed by atoms with Crippen LogP contribution in [0.15, 0.2) is 23.3 Å². The van der Waals surface area contributed by atoms with E-state index in [4.69, 9.17) is 4.43 Å². The maximum absolute atomic E-state index is 10.8. The van der Waals surface area contributed by atoms with E-state index in [9.17, 15) is 10.2 Å². The second-order valence-corrected chi connectivity index (χ2v) is 19.3. The summed E-state index contributed by atoms with van der Waals surface area (Å²) in [5.74, 6) is 2.45. The quantitative estimate of drug-likeness (QED) is 0.278. The van der Waals surface area contributed by atoms with E-state index in [1.807, 2.05) is 0 Å². The van der Waals surface area contributed by atoms with Crippen molar-refractivity contribution in [2.75, 3.05) is 6.61 Å². The molecule has 4 heteroatoms. The van der Waals surface area contributed by atoms with Crippen LogP contribution in [0.2, 0.25) is 18.1 Å². The zero-order chi connectivity index (χ0) is 25.8. The molecule has 4 aliphatic rings. The number of hydrogen-bond acceptors (Lipinski definition) is 3. The minimum atomic E-state index is -1.74. The molecule has 2 saturated carbocycles. The number of hydrogen-bond donors (Lipinski definition) is 2. The molecule has 0 heterocycles. The van der Waals surface area contributed by atoms with Gasteiger partial charge in [-0.1, -0.05) is 64.8 Å². The average molecular weight is 503 g/mol. The van der Waals surface area contributed by atoms with E-state index < -0.39 is 8.32 Å². The lowest BCUT2D eigenvalue weighted by molar-refractivity contribution is -0.0331. The minimum Gasteiger partial charge on any atom is -0.414 e. The van der Waals surface area contributed by atoms with Crippen LogP contribution in [-0.4, -0.2) is 37.3 Å². The first kappa shape index (κ1) is 27.6. The molecule has 0 aliphatic heterocycles. The highest BCUT2D eigenvalue weighted by molar-refractivity contribution is 6.74. The van der Waals surface area contributed by atoms with Crippen molar-refractivity contribution in [2.24, 2.45) is 34.5 Å². The van der Waals surface area contributed by atoms with Gasteiger partial charge in [0.1, 0.15) is 0 Å². The van der Waals surface area contributed by atoms with Crippen LogP contribution in [0.5, 0.6) is 0 Å². The predicted octanol–water partition coefficient (Wildman–Crippen LogP) is 7.65. The molecule has 4 aliphatic carbocycles. The van der Waals surface area contributed by atoms with Gasteiger partial charge in [0.15, 0.2) is 8.32 Å². The highest BCUT2D eigenvalue weighted by atomic mass is 28.4. The molecule has 4 rings (SSSR count).